The monoisotopic (exact) mass is 361 g/mol. The second kappa shape index (κ2) is 7.68. The third-order valence-electron chi connectivity index (χ3n) is 3.52. The molecule has 3 rings (SSSR count). The van der Waals surface area contributed by atoms with Crippen LogP contribution < -0.4 is 10.6 Å². The van der Waals surface area contributed by atoms with E-state index < -0.39 is 28.9 Å². The molecule has 0 aliphatic carbocycles. The molecule has 2 aromatic heterocycles. The number of rotatable bonds is 6. The van der Waals surface area contributed by atoms with Crippen LogP contribution in [0.1, 0.15) is 10.4 Å². The van der Waals surface area contributed by atoms with E-state index >= 15 is 0 Å². The molecule has 26 heavy (non-hydrogen) atoms. The summed E-state index contributed by atoms with van der Waals surface area (Å²) in [6.45, 7) is 0.416. The van der Waals surface area contributed by atoms with Gasteiger partial charge in [0.05, 0.1) is 5.56 Å². The lowest BCUT2D eigenvalue weighted by atomic mass is 10.2. The molecular weight excluding hydrogens is 347 g/mol. The first-order valence-corrected chi connectivity index (χ1v) is 7.67. The van der Waals surface area contributed by atoms with Crippen molar-refractivity contribution in [3.8, 4) is 5.82 Å². The summed E-state index contributed by atoms with van der Waals surface area (Å²) in [6, 6.07) is 7.04. The maximum Gasteiger partial charge on any atom is 0.254 e. The molecule has 0 fully saturated rings. The molecule has 9 heteroatoms. The zero-order valence-electron chi connectivity index (χ0n) is 13.4. The molecule has 0 aliphatic rings. The Morgan fingerprint density at radius 2 is 1.81 bits per heavy atom. The Labute approximate surface area is 146 Å². The van der Waals surface area contributed by atoms with Crippen LogP contribution in [0.15, 0.2) is 49.1 Å². The third kappa shape index (κ3) is 3.82. The van der Waals surface area contributed by atoms with Gasteiger partial charge in [0.1, 0.15) is 18.0 Å². The van der Waals surface area contributed by atoms with Crippen LogP contribution in [0.5, 0.6) is 0 Å². The fourth-order valence-corrected chi connectivity index (χ4v) is 2.24. The number of nitrogens with one attached hydrogen (secondary N) is 2. The molecule has 1 aromatic carbocycles. The highest BCUT2D eigenvalue weighted by molar-refractivity contribution is 5.94. The lowest BCUT2D eigenvalue weighted by Crippen LogP contribution is -2.29. The summed E-state index contributed by atoms with van der Waals surface area (Å²) in [4.78, 5) is 20.1. The molecule has 1 amide bonds. The van der Waals surface area contributed by atoms with Crippen molar-refractivity contribution in [2.24, 2.45) is 0 Å². The van der Waals surface area contributed by atoms with E-state index in [1.807, 2.05) is 24.5 Å². The molecular formula is C17H14F3N5O. The van der Waals surface area contributed by atoms with Crippen LogP contribution >= 0.6 is 0 Å². The van der Waals surface area contributed by atoms with Gasteiger partial charge in [-0.1, -0.05) is 0 Å². The summed E-state index contributed by atoms with van der Waals surface area (Å²) in [5.41, 5.74) is -0.555. The largest absolute Gasteiger partial charge is 0.368 e. The lowest BCUT2D eigenvalue weighted by molar-refractivity contribution is 0.0950. The Balaban J connectivity index is 1.54. The zero-order chi connectivity index (χ0) is 18.5. The van der Waals surface area contributed by atoms with Crippen LogP contribution in [-0.2, 0) is 0 Å². The van der Waals surface area contributed by atoms with Gasteiger partial charge in [0.25, 0.3) is 5.91 Å². The van der Waals surface area contributed by atoms with Gasteiger partial charge in [0, 0.05) is 31.5 Å². The maximum atomic E-state index is 13.6. The van der Waals surface area contributed by atoms with Gasteiger partial charge in [0.15, 0.2) is 17.5 Å². The third-order valence-corrected chi connectivity index (χ3v) is 3.52. The Morgan fingerprint density at radius 1 is 1.04 bits per heavy atom. The molecule has 3 aromatic rings. The number of aromatic nitrogens is 3. The van der Waals surface area contributed by atoms with E-state index in [0.717, 1.165) is 6.07 Å². The van der Waals surface area contributed by atoms with Gasteiger partial charge in [0.2, 0.25) is 0 Å². The number of hydrogen-bond donors (Lipinski definition) is 2. The van der Waals surface area contributed by atoms with Gasteiger partial charge in [-0.25, -0.2) is 23.1 Å². The Kier molecular flexibility index (Phi) is 5.16. The van der Waals surface area contributed by atoms with Gasteiger partial charge >= 0.3 is 0 Å². The first-order chi connectivity index (χ1) is 12.6. The molecule has 0 aliphatic heterocycles. The number of nitrogens with zero attached hydrogens (tertiary/aromatic N) is 3. The number of halogens is 3. The highest BCUT2D eigenvalue weighted by Gasteiger charge is 2.18. The fraction of sp³-hybridized carbons (Fsp3) is 0.118. The lowest BCUT2D eigenvalue weighted by Gasteiger charge is -2.09. The number of anilines is 1. The summed E-state index contributed by atoms with van der Waals surface area (Å²) in [7, 11) is 0. The summed E-state index contributed by atoms with van der Waals surface area (Å²) < 4.78 is 41.4. The van der Waals surface area contributed by atoms with Crippen molar-refractivity contribution >= 4 is 11.7 Å². The fourth-order valence-electron chi connectivity index (χ4n) is 2.24. The highest BCUT2D eigenvalue weighted by atomic mass is 19.2. The van der Waals surface area contributed by atoms with Gasteiger partial charge < -0.3 is 15.2 Å². The molecule has 2 heterocycles. The molecule has 134 valence electrons. The predicted molar refractivity (Wildman–Crippen MR) is 88.5 cm³/mol. The second-order valence-corrected chi connectivity index (χ2v) is 5.26. The maximum absolute atomic E-state index is 13.6. The molecule has 0 bridgehead atoms. The molecule has 0 saturated carbocycles. The SMILES string of the molecule is O=C(NCCNc1cc(-n2cccc2)ncn1)c1ccc(F)c(F)c1F. The first kappa shape index (κ1) is 17.5. The van der Waals surface area contributed by atoms with Crippen LogP contribution in [0.4, 0.5) is 19.0 Å². The second-order valence-electron chi connectivity index (χ2n) is 5.26. The van der Waals surface area contributed by atoms with Crippen LogP contribution in [0.25, 0.3) is 5.82 Å². The van der Waals surface area contributed by atoms with E-state index in [2.05, 4.69) is 20.6 Å². The Hall–Kier alpha value is -3.36. The van der Waals surface area contributed by atoms with Crippen molar-refractivity contribution in [3.05, 3.63) is 72.1 Å². The van der Waals surface area contributed by atoms with Crippen LogP contribution in [0, 0.1) is 17.5 Å². The molecule has 0 saturated heterocycles. The topological polar surface area (TPSA) is 71.8 Å². The number of amides is 1. The van der Waals surface area contributed by atoms with E-state index in [1.165, 1.54) is 6.33 Å². The molecule has 0 atom stereocenters. The minimum Gasteiger partial charge on any atom is -0.368 e. The van der Waals surface area contributed by atoms with Crippen LogP contribution in [0.3, 0.4) is 0 Å². The van der Waals surface area contributed by atoms with Crippen molar-refractivity contribution in [2.45, 2.75) is 0 Å². The summed E-state index contributed by atoms with van der Waals surface area (Å²) in [5, 5.41) is 5.40. The molecule has 2 N–H and O–H groups in total. The van der Waals surface area contributed by atoms with Crippen LogP contribution in [-0.4, -0.2) is 33.5 Å². The summed E-state index contributed by atoms with van der Waals surface area (Å²) in [6.07, 6.45) is 5.07. The first-order valence-electron chi connectivity index (χ1n) is 7.67. The predicted octanol–water partition coefficient (Wildman–Crippen LogP) is 2.53. The van der Waals surface area contributed by atoms with Gasteiger partial charge in [-0.3, -0.25) is 4.79 Å². The van der Waals surface area contributed by atoms with Gasteiger partial charge in [-0.2, -0.15) is 0 Å². The highest BCUT2D eigenvalue weighted by Crippen LogP contribution is 2.15. The van der Waals surface area contributed by atoms with E-state index in [9.17, 15) is 18.0 Å². The Bertz CT molecular complexity index is 915. The summed E-state index contributed by atoms with van der Waals surface area (Å²) >= 11 is 0. The number of carbonyl (C=O) groups is 1. The molecule has 0 unspecified atom stereocenters. The number of hydrogen-bond acceptors (Lipinski definition) is 4. The zero-order valence-corrected chi connectivity index (χ0v) is 13.4. The molecule has 0 spiro atoms. The van der Waals surface area contributed by atoms with Crippen molar-refractivity contribution in [1.29, 1.82) is 0 Å². The van der Waals surface area contributed by atoms with Gasteiger partial charge in [-0.15, -0.1) is 0 Å². The minimum atomic E-state index is -1.67. The number of carbonyl (C=O) groups excluding carboxylic acids is 1. The molecule has 6 nitrogen and oxygen atoms in total. The van der Waals surface area contributed by atoms with E-state index in [-0.39, 0.29) is 6.54 Å². The van der Waals surface area contributed by atoms with E-state index in [0.29, 0.717) is 24.2 Å². The molecule has 0 radical (unpaired) electrons. The van der Waals surface area contributed by atoms with Crippen LogP contribution in [0.2, 0.25) is 0 Å². The minimum absolute atomic E-state index is 0.125. The quantitative estimate of drug-likeness (QED) is 0.523. The number of benzene rings is 1. The smallest absolute Gasteiger partial charge is 0.254 e. The van der Waals surface area contributed by atoms with Crippen molar-refractivity contribution < 1.29 is 18.0 Å². The Morgan fingerprint density at radius 3 is 2.58 bits per heavy atom. The average molecular weight is 361 g/mol. The van der Waals surface area contributed by atoms with Crippen molar-refractivity contribution in [3.63, 3.8) is 0 Å². The van der Waals surface area contributed by atoms with Crippen molar-refractivity contribution in [2.75, 3.05) is 18.4 Å². The average Bonchev–Trinajstić information content (AvgIpc) is 3.18. The normalized spacial score (nSPS) is 10.6. The standard InChI is InChI=1S/C17H14F3N5O/c18-12-4-3-11(15(19)16(12)20)17(26)22-6-5-21-13-9-14(24-10-23-13)25-7-1-2-8-25/h1-4,7-10H,5-6H2,(H,22,26)(H,21,23,24). The summed E-state index contributed by atoms with van der Waals surface area (Å²) in [5.74, 6) is -4.16. The van der Waals surface area contributed by atoms with Crippen molar-refractivity contribution in [1.82, 2.24) is 19.9 Å². The van der Waals surface area contributed by atoms with E-state index in [4.69, 9.17) is 0 Å². The van der Waals surface area contributed by atoms with Gasteiger partial charge in [-0.05, 0) is 24.3 Å². The van der Waals surface area contributed by atoms with E-state index in [1.54, 1.807) is 10.6 Å².